The first-order chi connectivity index (χ1) is 5.81. The summed E-state index contributed by atoms with van der Waals surface area (Å²) < 4.78 is 25.1. The first-order valence-corrected chi connectivity index (χ1v) is 5.76. The van der Waals surface area contributed by atoms with Gasteiger partial charge in [-0.25, -0.2) is 13.1 Å². The molecule has 0 bridgehead atoms. The van der Waals surface area contributed by atoms with Crippen LogP contribution in [-0.2, 0) is 10.0 Å². The molecule has 0 radical (unpaired) electrons. The number of rotatable bonds is 4. The SMILES string of the molecule is CC(C)C(C)NS(=O)(=O)C(C)C#N. The summed E-state index contributed by atoms with van der Waals surface area (Å²) in [6, 6.07) is 1.56. The molecule has 0 aliphatic rings. The molecular weight excluding hydrogens is 188 g/mol. The van der Waals surface area contributed by atoms with Crippen molar-refractivity contribution < 1.29 is 8.42 Å². The van der Waals surface area contributed by atoms with Gasteiger partial charge in [-0.3, -0.25) is 0 Å². The van der Waals surface area contributed by atoms with Crippen LogP contribution in [0.1, 0.15) is 27.7 Å². The average Bonchev–Trinajstić information content (AvgIpc) is 2.01. The smallest absolute Gasteiger partial charge is 0.211 e. The van der Waals surface area contributed by atoms with Crippen molar-refractivity contribution in [2.45, 2.75) is 39.0 Å². The Bertz CT molecular complexity index is 290. The minimum Gasteiger partial charge on any atom is -0.211 e. The first-order valence-electron chi connectivity index (χ1n) is 4.22. The second-order valence-electron chi connectivity index (χ2n) is 3.47. The summed E-state index contributed by atoms with van der Waals surface area (Å²) in [6.45, 7) is 7.00. The highest BCUT2D eigenvalue weighted by molar-refractivity contribution is 7.90. The van der Waals surface area contributed by atoms with E-state index in [2.05, 4.69) is 4.72 Å². The molecule has 76 valence electrons. The molecule has 4 nitrogen and oxygen atoms in total. The van der Waals surface area contributed by atoms with Crippen LogP contribution in [0.4, 0.5) is 0 Å². The quantitative estimate of drug-likeness (QED) is 0.738. The molecule has 0 amide bonds. The highest BCUT2D eigenvalue weighted by atomic mass is 32.2. The van der Waals surface area contributed by atoms with Crippen molar-refractivity contribution in [2.24, 2.45) is 5.92 Å². The van der Waals surface area contributed by atoms with Crippen LogP contribution >= 0.6 is 0 Å². The second-order valence-corrected chi connectivity index (χ2v) is 5.50. The molecule has 0 aromatic rings. The van der Waals surface area contributed by atoms with Gasteiger partial charge in [-0.1, -0.05) is 13.8 Å². The van der Waals surface area contributed by atoms with Crippen LogP contribution in [0.15, 0.2) is 0 Å². The van der Waals surface area contributed by atoms with Crippen LogP contribution in [0.2, 0.25) is 0 Å². The van der Waals surface area contributed by atoms with Crippen LogP contribution in [-0.4, -0.2) is 19.7 Å². The first kappa shape index (κ1) is 12.4. The fourth-order valence-corrected chi connectivity index (χ4v) is 1.70. The van der Waals surface area contributed by atoms with Gasteiger partial charge < -0.3 is 0 Å². The van der Waals surface area contributed by atoms with E-state index in [4.69, 9.17) is 5.26 Å². The predicted octanol–water partition coefficient (Wildman–Crippen LogP) is 0.862. The van der Waals surface area contributed by atoms with Crippen LogP contribution < -0.4 is 4.72 Å². The lowest BCUT2D eigenvalue weighted by Crippen LogP contribution is -2.40. The van der Waals surface area contributed by atoms with Crippen molar-refractivity contribution in [3.63, 3.8) is 0 Å². The molecular formula is C8H16N2O2S. The van der Waals surface area contributed by atoms with E-state index in [1.165, 1.54) is 6.92 Å². The molecule has 0 aliphatic carbocycles. The van der Waals surface area contributed by atoms with E-state index in [1.807, 2.05) is 13.8 Å². The van der Waals surface area contributed by atoms with Gasteiger partial charge in [0, 0.05) is 6.04 Å². The molecule has 0 rings (SSSR count). The Morgan fingerprint density at radius 2 is 1.69 bits per heavy atom. The lowest BCUT2D eigenvalue weighted by Gasteiger charge is -2.18. The summed E-state index contributed by atoms with van der Waals surface area (Å²) in [5.74, 6) is 0.223. The van der Waals surface area contributed by atoms with Crippen molar-refractivity contribution in [3.05, 3.63) is 0 Å². The Morgan fingerprint density at radius 3 is 2.00 bits per heavy atom. The molecule has 5 heteroatoms. The topological polar surface area (TPSA) is 70.0 Å². The van der Waals surface area contributed by atoms with Crippen LogP contribution in [0.25, 0.3) is 0 Å². The molecule has 0 aromatic carbocycles. The number of nitrogens with zero attached hydrogens (tertiary/aromatic N) is 1. The Labute approximate surface area is 80.0 Å². The zero-order chi connectivity index (χ0) is 10.6. The highest BCUT2D eigenvalue weighted by Gasteiger charge is 2.23. The van der Waals surface area contributed by atoms with Crippen LogP contribution in [0.5, 0.6) is 0 Å². The van der Waals surface area contributed by atoms with E-state index in [0.29, 0.717) is 0 Å². The summed E-state index contributed by atoms with van der Waals surface area (Å²) in [7, 11) is -3.47. The highest BCUT2D eigenvalue weighted by Crippen LogP contribution is 2.04. The normalized spacial score (nSPS) is 16.6. The maximum Gasteiger partial charge on any atom is 0.227 e. The largest absolute Gasteiger partial charge is 0.227 e. The molecule has 2 atom stereocenters. The Balaban J connectivity index is 4.46. The third-order valence-corrected chi connectivity index (χ3v) is 3.73. The van der Waals surface area contributed by atoms with E-state index in [0.717, 1.165) is 0 Å². The predicted molar refractivity (Wildman–Crippen MR) is 51.4 cm³/mol. The number of nitrogens with one attached hydrogen (secondary N) is 1. The summed E-state index contributed by atoms with van der Waals surface area (Å²) in [4.78, 5) is 0. The third-order valence-electron chi connectivity index (χ3n) is 2.00. The Morgan fingerprint density at radius 1 is 1.23 bits per heavy atom. The van der Waals surface area contributed by atoms with Gasteiger partial charge >= 0.3 is 0 Å². The van der Waals surface area contributed by atoms with Crippen molar-refractivity contribution in [3.8, 4) is 6.07 Å². The summed E-state index contributed by atoms with van der Waals surface area (Å²) in [5.41, 5.74) is 0. The number of nitriles is 1. The van der Waals surface area contributed by atoms with Crippen molar-refractivity contribution in [2.75, 3.05) is 0 Å². The number of sulfonamides is 1. The van der Waals surface area contributed by atoms with E-state index in [9.17, 15) is 8.42 Å². The fraction of sp³-hybridized carbons (Fsp3) is 0.875. The zero-order valence-corrected chi connectivity index (χ0v) is 9.22. The van der Waals surface area contributed by atoms with Gasteiger partial charge in [0.2, 0.25) is 10.0 Å². The minimum atomic E-state index is -3.47. The van der Waals surface area contributed by atoms with Crippen LogP contribution in [0.3, 0.4) is 0 Å². The molecule has 0 fully saturated rings. The Hall–Kier alpha value is -0.600. The summed E-state index contributed by atoms with van der Waals surface area (Å²) in [6.07, 6.45) is 0. The molecule has 2 unspecified atom stereocenters. The van der Waals surface area contributed by atoms with E-state index < -0.39 is 15.3 Å². The molecule has 0 spiro atoms. The lowest BCUT2D eigenvalue weighted by atomic mass is 10.1. The van der Waals surface area contributed by atoms with Gasteiger partial charge in [-0.05, 0) is 19.8 Å². The van der Waals surface area contributed by atoms with E-state index in [-0.39, 0.29) is 12.0 Å². The van der Waals surface area contributed by atoms with Crippen molar-refractivity contribution in [1.82, 2.24) is 4.72 Å². The van der Waals surface area contributed by atoms with Gasteiger partial charge in [-0.2, -0.15) is 5.26 Å². The summed E-state index contributed by atoms with van der Waals surface area (Å²) in [5, 5.41) is 7.46. The average molecular weight is 204 g/mol. The van der Waals surface area contributed by atoms with Gasteiger partial charge in [0.15, 0.2) is 5.25 Å². The summed E-state index contributed by atoms with van der Waals surface area (Å²) >= 11 is 0. The van der Waals surface area contributed by atoms with E-state index >= 15 is 0 Å². The lowest BCUT2D eigenvalue weighted by molar-refractivity contribution is 0.475. The molecule has 0 saturated carbocycles. The number of hydrogen-bond donors (Lipinski definition) is 1. The molecule has 0 heterocycles. The molecule has 0 saturated heterocycles. The number of hydrogen-bond acceptors (Lipinski definition) is 3. The monoisotopic (exact) mass is 204 g/mol. The second kappa shape index (κ2) is 4.58. The van der Waals surface area contributed by atoms with Gasteiger partial charge in [0.1, 0.15) is 0 Å². The van der Waals surface area contributed by atoms with Crippen LogP contribution in [0, 0.1) is 17.2 Å². The van der Waals surface area contributed by atoms with E-state index in [1.54, 1.807) is 13.0 Å². The molecule has 0 aliphatic heterocycles. The Kier molecular flexibility index (Phi) is 4.37. The zero-order valence-electron chi connectivity index (χ0n) is 8.40. The maximum atomic E-state index is 11.3. The van der Waals surface area contributed by atoms with Crippen molar-refractivity contribution >= 4 is 10.0 Å². The van der Waals surface area contributed by atoms with Gasteiger partial charge in [0.25, 0.3) is 0 Å². The standard InChI is InChI=1S/C8H16N2O2S/c1-6(2)8(4)10-13(11,12)7(3)5-9/h6-8,10H,1-4H3. The molecule has 1 N–H and O–H groups in total. The molecule has 13 heavy (non-hydrogen) atoms. The van der Waals surface area contributed by atoms with Crippen molar-refractivity contribution in [1.29, 1.82) is 5.26 Å². The van der Waals surface area contributed by atoms with Gasteiger partial charge in [0.05, 0.1) is 6.07 Å². The minimum absolute atomic E-state index is 0.138. The van der Waals surface area contributed by atoms with Gasteiger partial charge in [-0.15, -0.1) is 0 Å². The maximum absolute atomic E-state index is 11.3. The fourth-order valence-electron chi connectivity index (χ4n) is 0.567. The third kappa shape index (κ3) is 3.75. The molecule has 0 aromatic heterocycles.